The largest absolute Gasteiger partial charge is 0.454 e. The number of hydrogen-bond acceptors (Lipinski definition) is 4. The summed E-state index contributed by atoms with van der Waals surface area (Å²) in [6, 6.07) is 14.8. The number of esters is 1. The summed E-state index contributed by atoms with van der Waals surface area (Å²) in [5.41, 5.74) is 1.32. The molecule has 0 saturated heterocycles. The molecule has 0 aliphatic rings. The lowest BCUT2D eigenvalue weighted by atomic mass is 10.0. The predicted molar refractivity (Wildman–Crippen MR) is 107 cm³/mol. The Morgan fingerprint density at radius 1 is 1.00 bits per heavy atom. The molecule has 6 nitrogen and oxygen atoms in total. The smallest absolute Gasteiger partial charge is 0.329 e. The minimum Gasteiger partial charge on any atom is -0.454 e. The number of halogens is 1. The summed E-state index contributed by atoms with van der Waals surface area (Å²) in [4.78, 5) is 36.5. The van der Waals surface area contributed by atoms with E-state index in [9.17, 15) is 14.4 Å². The third-order valence-corrected chi connectivity index (χ3v) is 4.24. The number of carbonyl (C=O) groups is 3. The minimum atomic E-state index is -0.850. The second-order valence-corrected chi connectivity index (χ2v) is 7.01. The summed E-state index contributed by atoms with van der Waals surface area (Å²) < 4.78 is 5.08. The van der Waals surface area contributed by atoms with Crippen LogP contribution in [0.1, 0.15) is 29.8 Å². The molecular weight excluding hydrogens is 380 g/mol. The fourth-order valence-corrected chi connectivity index (χ4v) is 2.52. The second kappa shape index (κ2) is 10.5. The number of ether oxygens (including phenoxy) is 1. The highest BCUT2D eigenvalue weighted by Gasteiger charge is 2.26. The molecule has 1 atom stereocenters. The third kappa shape index (κ3) is 6.70. The molecule has 2 amide bonds. The number of benzene rings is 2. The molecule has 0 aliphatic heterocycles. The van der Waals surface area contributed by atoms with E-state index in [0.29, 0.717) is 17.1 Å². The molecule has 0 fully saturated rings. The van der Waals surface area contributed by atoms with Crippen LogP contribution in [-0.2, 0) is 20.9 Å². The van der Waals surface area contributed by atoms with Gasteiger partial charge >= 0.3 is 5.97 Å². The van der Waals surface area contributed by atoms with Crippen LogP contribution >= 0.6 is 11.6 Å². The average molecular weight is 403 g/mol. The highest BCUT2D eigenvalue weighted by atomic mass is 35.5. The van der Waals surface area contributed by atoms with E-state index >= 15 is 0 Å². The maximum Gasteiger partial charge on any atom is 0.329 e. The van der Waals surface area contributed by atoms with Crippen LogP contribution in [0.3, 0.4) is 0 Å². The van der Waals surface area contributed by atoms with Gasteiger partial charge in [-0.1, -0.05) is 55.8 Å². The van der Waals surface area contributed by atoms with Crippen LogP contribution < -0.4 is 10.6 Å². The lowest BCUT2D eigenvalue weighted by molar-refractivity contribution is -0.151. The number of carbonyl (C=O) groups excluding carboxylic acids is 3. The van der Waals surface area contributed by atoms with Crippen LogP contribution in [0.2, 0.25) is 5.02 Å². The highest BCUT2D eigenvalue weighted by Crippen LogP contribution is 2.09. The average Bonchev–Trinajstić information content (AvgIpc) is 2.70. The van der Waals surface area contributed by atoms with Crippen molar-refractivity contribution in [3.05, 3.63) is 70.7 Å². The van der Waals surface area contributed by atoms with Gasteiger partial charge in [0.25, 0.3) is 11.8 Å². The fraction of sp³-hybridized carbons (Fsp3) is 0.286. The zero-order chi connectivity index (χ0) is 20.5. The Bertz CT molecular complexity index is 807. The van der Waals surface area contributed by atoms with Crippen molar-refractivity contribution in [2.45, 2.75) is 26.4 Å². The van der Waals surface area contributed by atoms with Gasteiger partial charge in [0.15, 0.2) is 6.61 Å². The lowest BCUT2D eigenvalue weighted by Gasteiger charge is -2.20. The molecule has 0 bridgehead atoms. The summed E-state index contributed by atoms with van der Waals surface area (Å²) in [6.07, 6.45) is 0. The van der Waals surface area contributed by atoms with Crippen LogP contribution in [0.25, 0.3) is 0 Å². The van der Waals surface area contributed by atoms with E-state index in [0.717, 1.165) is 5.56 Å². The molecule has 0 heterocycles. The van der Waals surface area contributed by atoms with Gasteiger partial charge in [-0.05, 0) is 35.7 Å². The predicted octanol–water partition coefficient (Wildman–Crippen LogP) is 2.95. The SMILES string of the molecule is CC(C)C(NC(=O)c1ccccc1)C(=O)OCC(=O)NCc1ccc(Cl)cc1. The second-order valence-electron chi connectivity index (χ2n) is 6.57. The molecule has 0 radical (unpaired) electrons. The Hall–Kier alpha value is -2.86. The first-order valence-corrected chi connectivity index (χ1v) is 9.28. The molecule has 2 rings (SSSR count). The molecule has 0 aromatic heterocycles. The summed E-state index contributed by atoms with van der Waals surface area (Å²) in [5.74, 6) is -1.65. The highest BCUT2D eigenvalue weighted by molar-refractivity contribution is 6.30. The molecule has 28 heavy (non-hydrogen) atoms. The van der Waals surface area contributed by atoms with Crippen LogP contribution in [0.5, 0.6) is 0 Å². The van der Waals surface area contributed by atoms with E-state index in [1.54, 1.807) is 68.4 Å². The van der Waals surface area contributed by atoms with Gasteiger partial charge in [-0.3, -0.25) is 9.59 Å². The van der Waals surface area contributed by atoms with Crippen molar-refractivity contribution in [3.8, 4) is 0 Å². The minimum absolute atomic E-state index is 0.197. The quantitative estimate of drug-likeness (QED) is 0.665. The molecule has 0 saturated carbocycles. The Balaban J connectivity index is 1.83. The van der Waals surface area contributed by atoms with Gasteiger partial charge in [0.1, 0.15) is 6.04 Å². The van der Waals surface area contributed by atoms with Gasteiger partial charge in [-0.15, -0.1) is 0 Å². The number of rotatable bonds is 8. The maximum atomic E-state index is 12.3. The number of amides is 2. The monoisotopic (exact) mass is 402 g/mol. The molecule has 148 valence electrons. The Morgan fingerprint density at radius 3 is 2.25 bits per heavy atom. The van der Waals surface area contributed by atoms with Crippen molar-refractivity contribution in [1.82, 2.24) is 10.6 Å². The van der Waals surface area contributed by atoms with Crippen molar-refractivity contribution in [3.63, 3.8) is 0 Å². The van der Waals surface area contributed by atoms with Crippen molar-refractivity contribution in [1.29, 1.82) is 0 Å². The van der Waals surface area contributed by atoms with Gasteiger partial charge in [0.05, 0.1) is 0 Å². The molecule has 2 aromatic rings. The van der Waals surface area contributed by atoms with Gasteiger partial charge in [0.2, 0.25) is 0 Å². The van der Waals surface area contributed by atoms with Crippen molar-refractivity contribution >= 4 is 29.4 Å². The summed E-state index contributed by atoms with van der Waals surface area (Å²) in [6.45, 7) is 3.46. The number of nitrogens with one attached hydrogen (secondary N) is 2. The summed E-state index contributed by atoms with van der Waals surface area (Å²) in [7, 11) is 0. The topological polar surface area (TPSA) is 84.5 Å². The standard InChI is InChI=1S/C21H23ClN2O4/c1-14(2)19(24-20(26)16-6-4-3-5-7-16)21(27)28-13-18(25)23-12-15-8-10-17(22)11-9-15/h3-11,14,19H,12-13H2,1-2H3,(H,23,25)(H,24,26). The van der Waals surface area contributed by atoms with E-state index in [1.807, 2.05) is 0 Å². The number of hydrogen-bond donors (Lipinski definition) is 2. The molecular formula is C21H23ClN2O4. The molecule has 7 heteroatoms. The molecule has 2 N–H and O–H groups in total. The van der Waals surface area contributed by atoms with E-state index in [-0.39, 0.29) is 11.8 Å². The van der Waals surface area contributed by atoms with Crippen molar-refractivity contribution in [2.75, 3.05) is 6.61 Å². The zero-order valence-corrected chi connectivity index (χ0v) is 16.5. The lowest BCUT2D eigenvalue weighted by Crippen LogP contribution is -2.46. The van der Waals surface area contributed by atoms with E-state index in [1.165, 1.54) is 0 Å². The van der Waals surface area contributed by atoms with E-state index in [4.69, 9.17) is 16.3 Å². The first kappa shape index (κ1) is 21.4. The summed E-state index contributed by atoms with van der Waals surface area (Å²) >= 11 is 5.81. The van der Waals surface area contributed by atoms with Gasteiger partial charge in [-0.25, -0.2) is 4.79 Å². The van der Waals surface area contributed by atoms with Crippen molar-refractivity contribution < 1.29 is 19.1 Å². The van der Waals surface area contributed by atoms with Gasteiger partial charge in [0, 0.05) is 17.1 Å². The zero-order valence-electron chi connectivity index (χ0n) is 15.8. The Labute approximate surface area is 169 Å². The third-order valence-electron chi connectivity index (χ3n) is 3.99. The van der Waals surface area contributed by atoms with Gasteiger partial charge < -0.3 is 15.4 Å². The van der Waals surface area contributed by atoms with E-state index < -0.39 is 24.5 Å². The van der Waals surface area contributed by atoms with Crippen LogP contribution in [0.15, 0.2) is 54.6 Å². The molecule has 0 aliphatic carbocycles. The first-order chi connectivity index (χ1) is 13.4. The Kier molecular flexibility index (Phi) is 8.02. The van der Waals surface area contributed by atoms with Crippen molar-refractivity contribution in [2.24, 2.45) is 5.92 Å². The fourth-order valence-electron chi connectivity index (χ4n) is 2.39. The summed E-state index contributed by atoms with van der Waals surface area (Å²) in [5, 5.41) is 5.94. The first-order valence-electron chi connectivity index (χ1n) is 8.90. The van der Waals surface area contributed by atoms with E-state index in [2.05, 4.69) is 10.6 Å². The van der Waals surface area contributed by atoms with Crippen LogP contribution in [-0.4, -0.2) is 30.4 Å². The Morgan fingerprint density at radius 2 is 1.64 bits per heavy atom. The molecule has 2 aromatic carbocycles. The van der Waals surface area contributed by atoms with Crippen LogP contribution in [0, 0.1) is 5.92 Å². The normalized spacial score (nSPS) is 11.6. The van der Waals surface area contributed by atoms with Gasteiger partial charge in [-0.2, -0.15) is 0 Å². The molecule has 0 spiro atoms. The van der Waals surface area contributed by atoms with Crippen LogP contribution in [0.4, 0.5) is 0 Å². The maximum absolute atomic E-state index is 12.3. The molecule has 1 unspecified atom stereocenters.